The van der Waals surface area contributed by atoms with Crippen LogP contribution < -0.4 is 21.5 Å². The first-order chi connectivity index (χ1) is 14.6. The molecule has 1 saturated carbocycles. The van der Waals surface area contributed by atoms with Gasteiger partial charge in [-0.15, -0.1) is 0 Å². The van der Waals surface area contributed by atoms with Gasteiger partial charge in [0.25, 0.3) is 11.5 Å². The smallest absolute Gasteiger partial charge is 0.260 e. The Morgan fingerprint density at radius 3 is 2.60 bits per heavy atom. The molecule has 1 amide bonds. The Kier molecular flexibility index (Phi) is 6.86. The van der Waals surface area contributed by atoms with Gasteiger partial charge < -0.3 is 15.6 Å². The number of nitrogens with one attached hydrogen (secondary N) is 4. The maximum atomic E-state index is 12.6. The van der Waals surface area contributed by atoms with Crippen LogP contribution in [0, 0.1) is 11.5 Å². The minimum Gasteiger partial charge on any atom is -0.353 e. The number of benzene rings is 1. The molecule has 1 aliphatic carbocycles. The fourth-order valence-electron chi connectivity index (χ4n) is 4.02. The number of aliphatic imine (C=N–C) groups is 1. The van der Waals surface area contributed by atoms with Gasteiger partial charge in [-0.1, -0.05) is 30.3 Å². The number of nitrogens with zero attached hydrogens (tertiary/aromatic N) is 2. The van der Waals surface area contributed by atoms with E-state index in [1.165, 1.54) is 17.8 Å². The Morgan fingerprint density at radius 1 is 1.23 bits per heavy atom. The van der Waals surface area contributed by atoms with Crippen molar-refractivity contribution < 1.29 is 4.79 Å². The molecule has 0 radical (unpaired) electrons. The van der Waals surface area contributed by atoms with Gasteiger partial charge in [0.1, 0.15) is 5.56 Å². The van der Waals surface area contributed by atoms with Gasteiger partial charge in [-0.2, -0.15) is 5.26 Å². The zero-order chi connectivity index (χ0) is 21.4. The summed E-state index contributed by atoms with van der Waals surface area (Å²) in [5.74, 6) is 0.0948. The first-order valence-electron chi connectivity index (χ1n) is 9.98. The summed E-state index contributed by atoms with van der Waals surface area (Å²) >= 11 is 0. The van der Waals surface area contributed by atoms with Crippen molar-refractivity contribution in [2.24, 2.45) is 4.99 Å². The number of hydrogen-bond acceptors (Lipinski definition) is 4. The predicted molar refractivity (Wildman–Crippen MR) is 115 cm³/mol. The second-order valence-electron chi connectivity index (χ2n) is 7.47. The zero-order valence-corrected chi connectivity index (χ0v) is 16.9. The molecule has 2 aromatic rings. The lowest BCUT2D eigenvalue weighted by Crippen LogP contribution is -2.49. The molecule has 8 heteroatoms. The third-order valence-corrected chi connectivity index (χ3v) is 5.72. The van der Waals surface area contributed by atoms with Gasteiger partial charge in [-0.25, -0.2) is 0 Å². The summed E-state index contributed by atoms with van der Waals surface area (Å²) in [6.07, 6.45) is 6.82. The number of pyridine rings is 1. The molecule has 0 bridgehead atoms. The van der Waals surface area contributed by atoms with Crippen LogP contribution >= 0.6 is 0 Å². The fraction of sp³-hybridized carbons (Fsp3) is 0.364. The molecule has 0 atom stereocenters. The highest BCUT2D eigenvalue weighted by molar-refractivity contribution is 5.93. The molecule has 3 rings (SSSR count). The van der Waals surface area contributed by atoms with Crippen molar-refractivity contribution in [3.05, 3.63) is 70.1 Å². The van der Waals surface area contributed by atoms with Crippen LogP contribution in [0.25, 0.3) is 0 Å². The van der Waals surface area contributed by atoms with Crippen LogP contribution in [0.2, 0.25) is 0 Å². The van der Waals surface area contributed by atoms with Crippen molar-refractivity contribution in [1.82, 2.24) is 20.9 Å². The number of guanidine groups is 1. The van der Waals surface area contributed by atoms with E-state index in [2.05, 4.69) is 38.1 Å². The normalized spacial score (nSPS) is 21.3. The predicted octanol–water partition coefficient (Wildman–Crippen LogP) is 1.63. The number of nitriles is 1. The van der Waals surface area contributed by atoms with Crippen molar-refractivity contribution in [3.63, 3.8) is 0 Å². The van der Waals surface area contributed by atoms with E-state index in [0.717, 1.165) is 25.7 Å². The largest absolute Gasteiger partial charge is 0.353 e. The van der Waals surface area contributed by atoms with Crippen LogP contribution in [0.4, 0.5) is 0 Å². The van der Waals surface area contributed by atoms with Crippen LogP contribution in [0.15, 0.2) is 58.4 Å². The average Bonchev–Trinajstić information content (AvgIpc) is 2.79. The molecular formula is C22H26N6O2. The molecule has 8 nitrogen and oxygen atoms in total. The van der Waals surface area contributed by atoms with E-state index in [9.17, 15) is 9.59 Å². The van der Waals surface area contributed by atoms with Gasteiger partial charge in [0.2, 0.25) is 5.96 Å². The van der Waals surface area contributed by atoms with Gasteiger partial charge in [-0.3, -0.25) is 19.9 Å². The third-order valence-electron chi connectivity index (χ3n) is 5.72. The minimum absolute atomic E-state index is 0.113. The monoisotopic (exact) mass is 406 g/mol. The maximum absolute atomic E-state index is 12.6. The first-order valence-corrected chi connectivity index (χ1v) is 9.98. The standard InChI is InChI=1S/C22H26N6O2/c1-24-21(27-15-23)28-17-9-11-22(12-10-17,16-6-3-2-4-7-16)14-26-20(30)18-8-5-13-25-19(18)29/h2-8,13,17H,9-12,14H2,1H3,(H,25,29)(H,26,30)(H2,24,27,28). The maximum Gasteiger partial charge on any atom is 0.260 e. The Labute approximate surface area is 175 Å². The quantitative estimate of drug-likeness (QED) is 0.260. The summed E-state index contributed by atoms with van der Waals surface area (Å²) in [7, 11) is 1.63. The summed E-state index contributed by atoms with van der Waals surface area (Å²) in [5, 5.41) is 17.6. The Hall–Kier alpha value is -3.60. The van der Waals surface area contributed by atoms with Gasteiger partial charge in [0.05, 0.1) is 0 Å². The Bertz CT molecular complexity index is 984. The lowest BCUT2D eigenvalue weighted by Gasteiger charge is -2.41. The summed E-state index contributed by atoms with van der Waals surface area (Å²) in [5.41, 5.74) is 0.670. The topological polar surface area (TPSA) is 122 Å². The molecule has 1 aromatic carbocycles. The number of aromatic nitrogens is 1. The summed E-state index contributed by atoms with van der Waals surface area (Å²) < 4.78 is 0. The van der Waals surface area contributed by atoms with E-state index in [4.69, 9.17) is 5.26 Å². The summed E-state index contributed by atoms with van der Waals surface area (Å²) in [6, 6.07) is 13.5. The molecule has 0 spiro atoms. The lowest BCUT2D eigenvalue weighted by atomic mass is 9.68. The van der Waals surface area contributed by atoms with Gasteiger partial charge in [0, 0.05) is 31.2 Å². The van der Waals surface area contributed by atoms with Crippen molar-refractivity contribution in [1.29, 1.82) is 5.26 Å². The van der Waals surface area contributed by atoms with Crippen molar-refractivity contribution in [2.45, 2.75) is 37.1 Å². The van der Waals surface area contributed by atoms with E-state index in [1.54, 1.807) is 13.1 Å². The van der Waals surface area contributed by atoms with Crippen molar-refractivity contribution in [2.75, 3.05) is 13.6 Å². The highest BCUT2D eigenvalue weighted by Gasteiger charge is 2.37. The van der Waals surface area contributed by atoms with Crippen molar-refractivity contribution in [3.8, 4) is 6.19 Å². The van der Waals surface area contributed by atoms with E-state index in [-0.39, 0.29) is 22.9 Å². The fourth-order valence-corrected chi connectivity index (χ4v) is 4.02. The molecule has 0 saturated heterocycles. The molecular weight excluding hydrogens is 380 g/mol. The number of carbonyl (C=O) groups is 1. The number of hydrogen-bond donors (Lipinski definition) is 4. The number of amides is 1. The molecule has 1 heterocycles. The van der Waals surface area contributed by atoms with Crippen LogP contribution in [-0.2, 0) is 5.41 Å². The Balaban J connectivity index is 1.73. The van der Waals surface area contributed by atoms with E-state index >= 15 is 0 Å². The number of rotatable bonds is 5. The lowest BCUT2D eigenvalue weighted by molar-refractivity contribution is 0.0933. The summed E-state index contributed by atoms with van der Waals surface area (Å²) in [4.78, 5) is 31.1. The highest BCUT2D eigenvalue weighted by atomic mass is 16.2. The second kappa shape index (κ2) is 9.74. The number of H-pyrrole nitrogens is 1. The molecule has 30 heavy (non-hydrogen) atoms. The molecule has 0 unspecified atom stereocenters. The zero-order valence-electron chi connectivity index (χ0n) is 16.9. The van der Waals surface area contributed by atoms with Gasteiger partial charge in [0.15, 0.2) is 6.19 Å². The Morgan fingerprint density at radius 2 is 1.97 bits per heavy atom. The highest BCUT2D eigenvalue weighted by Crippen LogP contribution is 2.39. The van der Waals surface area contributed by atoms with E-state index in [0.29, 0.717) is 12.5 Å². The summed E-state index contributed by atoms with van der Waals surface area (Å²) in [6.45, 7) is 0.446. The van der Waals surface area contributed by atoms with E-state index < -0.39 is 5.56 Å². The average molecular weight is 406 g/mol. The molecule has 1 aromatic heterocycles. The number of aromatic amines is 1. The third kappa shape index (κ3) is 4.87. The minimum atomic E-state index is -0.395. The molecule has 156 valence electrons. The van der Waals surface area contributed by atoms with Crippen molar-refractivity contribution >= 4 is 11.9 Å². The van der Waals surface area contributed by atoms with Gasteiger partial charge >= 0.3 is 0 Å². The number of carbonyl (C=O) groups excluding carboxylic acids is 1. The van der Waals surface area contributed by atoms with Crippen LogP contribution in [0.1, 0.15) is 41.6 Å². The molecule has 1 aliphatic rings. The molecule has 1 fully saturated rings. The first kappa shape index (κ1) is 21.1. The van der Waals surface area contributed by atoms with Gasteiger partial charge in [-0.05, 0) is 43.4 Å². The SMILES string of the molecule is CN=C(NC#N)NC1CCC(CNC(=O)c2ccc[nH]c2=O)(c2ccccc2)CC1. The molecule has 0 aliphatic heterocycles. The molecule has 4 N–H and O–H groups in total. The van der Waals surface area contributed by atoms with Crippen LogP contribution in [-0.4, -0.2) is 36.5 Å². The second-order valence-corrected chi connectivity index (χ2v) is 7.47. The van der Waals surface area contributed by atoms with Crippen LogP contribution in [0.3, 0.4) is 0 Å². The van der Waals surface area contributed by atoms with Crippen LogP contribution in [0.5, 0.6) is 0 Å². The van der Waals surface area contributed by atoms with E-state index in [1.807, 2.05) is 24.4 Å².